The number of carbonyl (C=O) groups is 1. The molecule has 3 saturated heterocycles. The summed E-state index contributed by atoms with van der Waals surface area (Å²) in [6.07, 6.45) is 7.41. The minimum absolute atomic E-state index is 0.0633. The third-order valence-electron chi connectivity index (χ3n) is 11.0. The van der Waals surface area contributed by atoms with Crippen LogP contribution in [0.5, 0.6) is 0 Å². The molecule has 3 aliphatic rings. The van der Waals surface area contributed by atoms with E-state index in [-0.39, 0.29) is 27.7 Å². The number of amides is 1. The van der Waals surface area contributed by atoms with Crippen molar-refractivity contribution in [3.63, 3.8) is 0 Å². The topological polar surface area (TPSA) is 102 Å². The summed E-state index contributed by atoms with van der Waals surface area (Å²) in [5.41, 5.74) is 4.37. The molecule has 3 aliphatic heterocycles. The van der Waals surface area contributed by atoms with Gasteiger partial charge in [0.1, 0.15) is 5.82 Å². The molecule has 0 saturated carbocycles. The number of fused-ring (bicyclic) bond motifs is 3. The number of para-hydroxylation sites is 2. The van der Waals surface area contributed by atoms with Crippen LogP contribution in [0.15, 0.2) is 77.7 Å². The van der Waals surface area contributed by atoms with Crippen LogP contribution in [0, 0.1) is 6.92 Å². The largest absolute Gasteiger partial charge is 0.339 e. The van der Waals surface area contributed by atoms with Crippen molar-refractivity contribution in [1.82, 2.24) is 19.4 Å². The van der Waals surface area contributed by atoms with Crippen molar-refractivity contribution in [3.8, 4) is 0 Å². The molecule has 0 aliphatic carbocycles. The molecule has 7 rings (SSSR count). The second kappa shape index (κ2) is 12.4. The summed E-state index contributed by atoms with van der Waals surface area (Å²) in [7, 11) is -4.07. The standard InChI is InChI=1S/C36H42ClN5O3S/c1-25-39-32-9-5-6-10-33(32)42(25)30-22-28-12-13-29(23-30)41(28)20-17-36(27-7-3-2-4-8-27)15-18-40(19-16-36)35(43)31-21-26(24-37)11-14-34(31)46(38,44)45/h2-11,14,21,28-30H,12-13,15-20,22-24H2,1H3,(H2,38,44,45). The molecule has 2 bridgehead atoms. The lowest BCUT2D eigenvalue weighted by Crippen LogP contribution is -2.49. The lowest BCUT2D eigenvalue weighted by Gasteiger charge is -2.45. The van der Waals surface area contributed by atoms with E-state index in [1.807, 2.05) is 0 Å². The Kier molecular flexibility index (Phi) is 8.46. The number of benzene rings is 3. The number of halogens is 1. The Labute approximate surface area is 276 Å². The SMILES string of the molecule is Cc1nc2ccccc2n1C1CC2CCC(C1)N2CCC1(c2ccccc2)CCN(C(=O)c2cc(CCl)ccc2S(N)(=O)=O)CC1. The number of nitrogens with zero attached hydrogens (tertiary/aromatic N) is 4. The Hall–Kier alpha value is -3.24. The second-order valence-corrected chi connectivity index (χ2v) is 15.3. The van der Waals surface area contributed by atoms with E-state index < -0.39 is 10.0 Å². The van der Waals surface area contributed by atoms with Crippen LogP contribution in [0.2, 0.25) is 0 Å². The van der Waals surface area contributed by atoms with Crippen LogP contribution in [0.4, 0.5) is 0 Å². The normalized spacial score (nSPS) is 23.2. The molecule has 242 valence electrons. The summed E-state index contributed by atoms with van der Waals surface area (Å²) < 4.78 is 27.2. The highest BCUT2D eigenvalue weighted by Gasteiger charge is 2.44. The zero-order chi connectivity index (χ0) is 32.1. The predicted molar refractivity (Wildman–Crippen MR) is 182 cm³/mol. The van der Waals surface area contributed by atoms with Gasteiger partial charge in [0.25, 0.3) is 5.91 Å². The summed E-state index contributed by atoms with van der Waals surface area (Å²) in [6.45, 7) is 4.26. The fourth-order valence-corrected chi connectivity index (χ4v) is 9.53. The van der Waals surface area contributed by atoms with E-state index in [4.69, 9.17) is 21.7 Å². The summed E-state index contributed by atoms with van der Waals surface area (Å²) in [6, 6.07) is 25.4. The number of imidazole rings is 1. The van der Waals surface area contributed by atoms with Crippen LogP contribution in [-0.2, 0) is 21.3 Å². The first kappa shape index (κ1) is 31.4. The van der Waals surface area contributed by atoms with Gasteiger partial charge in [-0.1, -0.05) is 48.5 Å². The molecule has 1 aromatic heterocycles. The van der Waals surface area contributed by atoms with Gasteiger partial charge in [-0.2, -0.15) is 0 Å². The van der Waals surface area contributed by atoms with Crippen LogP contribution in [0.1, 0.15) is 78.3 Å². The minimum atomic E-state index is -4.07. The Balaban J connectivity index is 1.08. The number of sulfonamides is 1. The van der Waals surface area contributed by atoms with E-state index in [9.17, 15) is 13.2 Å². The Morgan fingerprint density at radius 1 is 0.957 bits per heavy atom. The lowest BCUT2D eigenvalue weighted by molar-refractivity contribution is 0.0603. The fraction of sp³-hybridized carbons (Fsp3) is 0.444. The zero-order valence-electron chi connectivity index (χ0n) is 26.3. The maximum Gasteiger partial charge on any atom is 0.255 e. The number of likely N-dealkylation sites (tertiary alicyclic amines) is 1. The molecule has 2 unspecified atom stereocenters. The highest BCUT2D eigenvalue weighted by atomic mass is 35.5. The molecule has 0 radical (unpaired) electrons. The van der Waals surface area contributed by atoms with Gasteiger partial charge in [0.2, 0.25) is 10.0 Å². The van der Waals surface area contributed by atoms with E-state index in [1.54, 1.807) is 17.0 Å². The molecule has 3 fully saturated rings. The molecular weight excluding hydrogens is 618 g/mol. The number of hydrogen-bond donors (Lipinski definition) is 1. The van der Waals surface area contributed by atoms with Crippen molar-refractivity contribution in [1.29, 1.82) is 0 Å². The van der Waals surface area contributed by atoms with E-state index in [2.05, 4.69) is 71.0 Å². The first-order valence-electron chi connectivity index (χ1n) is 16.4. The van der Waals surface area contributed by atoms with Crippen molar-refractivity contribution in [2.45, 2.75) is 86.2 Å². The second-order valence-electron chi connectivity index (χ2n) is 13.5. The number of piperidine rings is 2. The maximum atomic E-state index is 13.8. The molecule has 3 aromatic carbocycles. The number of aromatic nitrogens is 2. The number of nitrogens with two attached hydrogens (primary N) is 1. The van der Waals surface area contributed by atoms with Gasteiger partial charge in [0, 0.05) is 37.1 Å². The molecule has 8 nitrogen and oxygen atoms in total. The van der Waals surface area contributed by atoms with Gasteiger partial charge >= 0.3 is 0 Å². The Morgan fingerprint density at radius 2 is 1.63 bits per heavy atom. The van der Waals surface area contributed by atoms with Gasteiger partial charge in [0.05, 0.1) is 21.5 Å². The average molecular weight is 660 g/mol. The quantitative estimate of drug-likeness (QED) is 0.228. The van der Waals surface area contributed by atoms with Crippen LogP contribution in [-0.4, -0.2) is 65.4 Å². The van der Waals surface area contributed by atoms with Gasteiger partial charge in [0.15, 0.2) is 0 Å². The van der Waals surface area contributed by atoms with E-state index in [0.717, 1.165) is 50.0 Å². The van der Waals surface area contributed by atoms with Crippen LogP contribution >= 0.6 is 11.6 Å². The minimum Gasteiger partial charge on any atom is -0.339 e. The molecular formula is C36H42ClN5O3S. The average Bonchev–Trinajstić information content (AvgIpc) is 3.53. The van der Waals surface area contributed by atoms with Gasteiger partial charge in [-0.05, 0) is 99.2 Å². The maximum absolute atomic E-state index is 13.8. The van der Waals surface area contributed by atoms with Gasteiger partial charge in [-0.15, -0.1) is 11.6 Å². The molecule has 10 heteroatoms. The number of hydrogen-bond acceptors (Lipinski definition) is 5. The third kappa shape index (κ3) is 5.76. The predicted octanol–water partition coefficient (Wildman–Crippen LogP) is 6.16. The number of primary sulfonamides is 1. The summed E-state index contributed by atoms with van der Waals surface area (Å²) >= 11 is 6.04. The zero-order valence-corrected chi connectivity index (χ0v) is 27.9. The molecule has 1 amide bonds. The molecule has 4 aromatic rings. The van der Waals surface area contributed by atoms with Crippen molar-refractivity contribution in [2.75, 3.05) is 19.6 Å². The van der Waals surface area contributed by atoms with Gasteiger partial charge in [-0.25, -0.2) is 18.5 Å². The molecule has 46 heavy (non-hydrogen) atoms. The van der Waals surface area contributed by atoms with Gasteiger partial charge < -0.3 is 9.47 Å². The highest BCUT2D eigenvalue weighted by molar-refractivity contribution is 7.89. The van der Waals surface area contributed by atoms with Crippen molar-refractivity contribution in [2.24, 2.45) is 5.14 Å². The number of aryl methyl sites for hydroxylation is 1. The smallest absolute Gasteiger partial charge is 0.255 e. The summed E-state index contributed by atoms with van der Waals surface area (Å²) in [5, 5.41) is 5.50. The van der Waals surface area contributed by atoms with Crippen LogP contribution < -0.4 is 5.14 Å². The monoisotopic (exact) mass is 659 g/mol. The highest BCUT2D eigenvalue weighted by Crippen LogP contribution is 2.45. The van der Waals surface area contributed by atoms with Crippen LogP contribution in [0.3, 0.4) is 0 Å². The summed E-state index contributed by atoms with van der Waals surface area (Å²) in [4.78, 5) is 23.0. The van der Waals surface area contributed by atoms with E-state index in [1.165, 1.54) is 30.0 Å². The number of alkyl halides is 1. The van der Waals surface area contributed by atoms with Crippen molar-refractivity contribution >= 4 is 38.6 Å². The summed E-state index contributed by atoms with van der Waals surface area (Å²) in [5.74, 6) is 0.981. The van der Waals surface area contributed by atoms with Crippen molar-refractivity contribution < 1.29 is 13.2 Å². The molecule has 4 heterocycles. The number of rotatable bonds is 8. The first-order valence-corrected chi connectivity index (χ1v) is 18.5. The third-order valence-corrected chi connectivity index (χ3v) is 12.3. The van der Waals surface area contributed by atoms with Gasteiger partial charge in [-0.3, -0.25) is 9.69 Å². The Bertz CT molecular complexity index is 1840. The van der Waals surface area contributed by atoms with E-state index >= 15 is 0 Å². The molecule has 2 N–H and O–H groups in total. The van der Waals surface area contributed by atoms with Crippen molar-refractivity contribution in [3.05, 3.63) is 95.3 Å². The number of carbonyl (C=O) groups excluding carboxylic acids is 1. The fourth-order valence-electron chi connectivity index (χ4n) is 8.65. The first-order chi connectivity index (χ1) is 22.2. The van der Waals surface area contributed by atoms with E-state index in [0.29, 0.717) is 36.8 Å². The lowest BCUT2D eigenvalue weighted by atomic mass is 9.70. The van der Waals surface area contributed by atoms with Crippen LogP contribution in [0.25, 0.3) is 11.0 Å². The molecule has 2 atom stereocenters. The Morgan fingerprint density at radius 3 is 2.30 bits per heavy atom. The molecule has 0 spiro atoms.